The number of ether oxygens (including phenoxy) is 3. The quantitative estimate of drug-likeness (QED) is 0.0345. The molecule has 1 unspecified atom stereocenters. The molecule has 0 rings (SSSR count). The van der Waals surface area contributed by atoms with E-state index in [9.17, 15) is 9.59 Å². The first-order valence-corrected chi connectivity index (χ1v) is 28.7. The van der Waals surface area contributed by atoms with E-state index < -0.39 is 6.10 Å². The van der Waals surface area contributed by atoms with Crippen molar-refractivity contribution in [3.05, 3.63) is 170 Å². The molecule has 0 N–H and O–H groups in total. The maximum Gasteiger partial charge on any atom is 0.306 e. The van der Waals surface area contributed by atoms with Gasteiger partial charge in [0.05, 0.1) is 6.61 Å². The maximum atomic E-state index is 12.9. The molecule has 0 aliphatic rings. The summed E-state index contributed by atoms with van der Waals surface area (Å²) in [5.41, 5.74) is 0. The van der Waals surface area contributed by atoms with Crippen LogP contribution in [-0.2, 0) is 23.8 Å². The first-order valence-electron chi connectivity index (χ1n) is 28.7. The van der Waals surface area contributed by atoms with E-state index >= 15 is 0 Å². The standard InChI is InChI=1S/C67H104O5/c1-4-7-10-13-16-19-22-25-28-31-33-35-38-41-44-47-50-53-56-59-62-70-63-65(72-67(69)61-58-55-52-49-46-43-40-36-30-27-24-21-18-15-12-9-6-3)64-71-66(68)60-57-54-51-48-45-42-39-37-34-32-29-26-23-20-17-14-11-8-5-2/h7-12,16-21,25-30,33-35,37,41-42,44-45,51,54,65H,4-6,13-15,22-24,31-32,36,38-40,43,46-50,52-53,55-64H2,1-3H3/b10-7-,11-8-,12-9-,19-16-,20-17-,21-18-,28-25-,29-26-,30-27-,35-33-,37-34-,44-41-,45-42-,54-51-. The van der Waals surface area contributed by atoms with Crippen molar-refractivity contribution in [1.82, 2.24) is 0 Å². The lowest BCUT2D eigenvalue weighted by Crippen LogP contribution is -2.30. The molecule has 72 heavy (non-hydrogen) atoms. The Kier molecular flexibility index (Phi) is 56.6. The molecule has 0 aromatic carbocycles. The molecular weight excluding hydrogens is 885 g/mol. The van der Waals surface area contributed by atoms with Crippen molar-refractivity contribution < 1.29 is 23.8 Å². The van der Waals surface area contributed by atoms with Crippen molar-refractivity contribution in [3.8, 4) is 0 Å². The topological polar surface area (TPSA) is 61.8 Å². The number of unbranched alkanes of at least 4 members (excludes halogenated alkanes) is 11. The molecule has 0 aliphatic carbocycles. The Morgan fingerprint density at radius 3 is 0.986 bits per heavy atom. The zero-order chi connectivity index (χ0) is 52.0. The average molecular weight is 990 g/mol. The smallest absolute Gasteiger partial charge is 0.306 e. The van der Waals surface area contributed by atoms with E-state index in [-0.39, 0.29) is 31.6 Å². The van der Waals surface area contributed by atoms with Crippen LogP contribution in [0, 0.1) is 0 Å². The molecule has 0 aromatic rings. The van der Waals surface area contributed by atoms with E-state index in [1.54, 1.807) is 0 Å². The van der Waals surface area contributed by atoms with Crippen molar-refractivity contribution >= 4 is 11.9 Å². The summed E-state index contributed by atoms with van der Waals surface area (Å²) in [6, 6.07) is 0. The Labute approximate surface area is 443 Å². The van der Waals surface area contributed by atoms with Crippen molar-refractivity contribution in [2.45, 2.75) is 219 Å². The lowest BCUT2D eigenvalue weighted by Gasteiger charge is -2.18. The van der Waals surface area contributed by atoms with Crippen LogP contribution in [0.5, 0.6) is 0 Å². The fourth-order valence-electron chi connectivity index (χ4n) is 7.11. The van der Waals surface area contributed by atoms with Crippen LogP contribution in [0.15, 0.2) is 170 Å². The Balaban J connectivity index is 4.51. The van der Waals surface area contributed by atoms with Crippen LogP contribution in [0.1, 0.15) is 213 Å². The van der Waals surface area contributed by atoms with Crippen molar-refractivity contribution in [3.63, 3.8) is 0 Å². The minimum Gasteiger partial charge on any atom is -0.462 e. The molecule has 0 radical (unpaired) electrons. The number of allylic oxidation sites excluding steroid dienone is 28. The number of carbonyl (C=O) groups excluding carboxylic acids is 2. The molecule has 0 amide bonds. The minimum atomic E-state index is -0.601. The van der Waals surface area contributed by atoms with Crippen LogP contribution in [0.25, 0.3) is 0 Å². The largest absolute Gasteiger partial charge is 0.462 e. The zero-order valence-electron chi connectivity index (χ0n) is 46.1. The van der Waals surface area contributed by atoms with Gasteiger partial charge < -0.3 is 14.2 Å². The summed E-state index contributed by atoms with van der Waals surface area (Å²) < 4.78 is 17.4. The van der Waals surface area contributed by atoms with Crippen LogP contribution >= 0.6 is 0 Å². The van der Waals surface area contributed by atoms with Gasteiger partial charge in [0, 0.05) is 19.4 Å². The number of carbonyl (C=O) groups is 2. The summed E-state index contributed by atoms with van der Waals surface area (Å²) in [5.74, 6) is -0.533. The van der Waals surface area contributed by atoms with Gasteiger partial charge in [0.25, 0.3) is 0 Å². The van der Waals surface area contributed by atoms with Crippen LogP contribution in [-0.4, -0.2) is 37.9 Å². The molecule has 0 saturated heterocycles. The molecule has 5 nitrogen and oxygen atoms in total. The van der Waals surface area contributed by atoms with Gasteiger partial charge in [0.15, 0.2) is 6.10 Å². The van der Waals surface area contributed by atoms with Crippen LogP contribution < -0.4 is 0 Å². The maximum absolute atomic E-state index is 12.9. The Hall–Kier alpha value is -4.74. The highest BCUT2D eigenvalue weighted by Gasteiger charge is 2.17. The van der Waals surface area contributed by atoms with Crippen LogP contribution in [0.2, 0.25) is 0 Å². The number of esters is 2. The normalized spacial score (nSPS) is 13.5. The van der Waals surface area contributed by atoms with E-state index in [2.05, 4.69) is 185 Å². The molecule has 0 spiro atoms. The van der Waals surface area contributed by atoms with E-state index in [4.69, 9.17) is 14.2 Å². The monoisotopic (exact) mass is 989 g/mol. The van der Waals surface area contributed by atoms with Gasteiger partial charge in [-0.25, -0.2) is 0 Å². The Morgan fingerprint density at radius 1 is 0.306 bits per heavy atom. The summed E-state index contributed by atoms with van der Waals surface area (Å²) in [6.07, 6.45) is 91.0. The van der Waals surface area contributed by atoms with Gasteiger partial charge in [-0.1, -0.05) is 236 Å². The summed E-state index contributed by atoms with van der Waals surface area (Å²) in [5, 5.41) is 0. The van der Waals surface area contributed by atoms with Crippen molar-refractivity contribution in [1.29, 1.82) is 0 Å². The molecule has 1 atom stereocenters. The highest BCUT2D eigenvalue weighted by molar-refractivity contribution is 5.70. The van der Waals surface area contributed by atoms with E-state index in [0.29, 0.717) is 19.4 Å². The average Bonchev–Trinajstić information content (AvgIpc) is 3.38. The van der Waals surface area contributed by atoms with Gasteiger partial charge >= 0.3 is 11.9 Å². The van der Waals surface area contributed by atoms with Gasteiger partial charge in [0.2, 0.25) is 0 Å². The Bertz CT molecular complexity index is 1640. The third kappa shape index (κ3) is 57.8. The molecule has 0 heterocycles. The van der Waals surface area contributed by atoms with Crippen LogP contribution in [0.3, 0.4) is 0 Å². The first-order chi connectivity index (χ1) is 35.6. The van der Waals surface area contributed by atoms with Gasteiger partial charge in [-0.3, -0.25) is 9.59 Å². The molecule has 0 aliphatic heterocycles. The Morgan fingerprint density at radius 2 is 0.611 bits per heavy atom. The molecule has 5 heteroatoms. The zero-order valence-corrected chi connectivity index (χ0v) is 46.1. The van der Waals surface area contributed by atoms with E-state index in [1.807, 2.05) is 6.08 Å². The van der Waals surface area contributed by atoms with E-state index in [0.717, 1.165) is 148 Å². The van der Waals surface area contributed by atoms with Crippen molar-refractivity contribution in [2.75, 3.05) is 19.8 Å². The van der Waals surface area contributed by atoms with Gasteiger partial charge in [-0.15, -0.1) is 0 Å². The second-order valence-electron chi connectivity index (χ2n) is 18.0. The lowest BCUT2D eigenvalue weighted by molar-refractivity contribution is -0.162. The lowest BCUT2D eigenvalue weighted by atomic mass is 10.1. The molecule has 0 aromatic heterocycles. The van der Waals surface area contributed by atoms with E-state index in [1.165, 1.54) is 25.7 Å². The van der Waals surface area contributed by atoms with Gasteiger partial charge in [-0.2, -0.15) is 0 Å². The number of hydrogen-bond donors (Lipinski definition) is 0. The van der Waals surface area contributed by atoms with Gasteiger partial charge in [0.1, 0.15) is 6.61 Å². The minimum absolute atomic E-state index is 0.0180. The predicted molar refractivity (Wildman–Crippen MR) is 315 cm³/mol. The second-order valence-corrected chi connectivity index (χ2v) is 18.0. The first kappa shape index (κ1) is 67.3. The third-order valence-electron chi connectivity index (χ3n) is 11.2. The van der Waals surface area contributed by atoms with Crippen LogP contribution in [0.4, 0.5) is 0 Å². The van der Waals surface area contributed by atoms with Gasteiger partial charge in [-0.05, 0) is 135 Å². The molecule has 0 fully saturated rings. The summed E-state index contributed by atoms with van der Waals surface area (Å²) in [4.78, 5) is 25.5. The highest BCUT2D eigenvalue weighted by atomic mass is 16.6. The molecule has 0 bridgehead atoms. The molecule has 0 saturated carbocycles. The van der Waals surface area contributed by atoms with Crippen molar-refractivity contribution in [2.24, 2.45) is 0 Å². The molecule has 402 valence electrons. The molecular formula is C67H104O5. The summed E-state index contributed by atoms with van der Waals surface area (Å²) in [7, 11) is 0. The number of rotatable bonds is 50. The fourth-order valence-corrected chi connectivity index (χ4v) is 7.11. The predicted octanol–water partition coefficient (Wildman–Crippen LogP) is 20.0. The SMILES string of the molecule is CC/C=C\C/C=C\C/C=C\C/C=C\C/C=C\C/C=C\CCC(=O)OCC(COCCCCCC/C=C\C/C=C\C/C=C\C/C=C\C/C=C\CC)OC(=O)CCCCCCCCC/C=C\C/C=C\C/C=C\CC. The second kappa shape index (κ2) is 60.6. The highest BCUT2D eigenvalue weighted by Crippen LogP contribution is 2.12. The summed E-state index contributed by atoms with van der Waals surface area (Å²) in [6.45, 7) is 7.32. The number of hydrogen-bond acceptors (Lipinski definition) is 5. The fraction of sp³-hybridized carbons (Fsp3) is 0.552. The summed E-state index contributed by atoms with van der Waals surface area (Å²) >= 11 is 0. The third-order valence-corrected chi connectivity index (χ3v) is 11.2.